The first kappa shape index (κ1) is 26.7. The lowest BCUT2D eigenvalue weighted by atomic mass is 10.0. The van der Waals surface area contributed by atoms with E-state index in [0.29, 0.717) is 0 Å². The van der Waals surface area contributed by atoms with Gasteiger partial charge in [-0.1, -0.05) is 32.9 Å². The highest BCUT2D eigenvalue weighted by atomic mass is 16.2. The molecule has 11 nitrogen and oxygen atoms in total. The van der Waals surface area contributed by atoms with E-state index in [1.807, 2.05) is 0 Å². The van der Waals surface area contributed by atoms with E-state index in [1.54, 1.807) is 0 Å². The number of barbiturate groups is 2. The summed E-state index contributed by atoms with van der Waals surface area (Å²) in [6.07, 6.45) is 3.52. The van der Waals surface area contributed by atoms with Crippen molar-refractivity contribution < 1.29 is 28.8 Å². The second kappa shape index (κ2) is 11.3. The quantitative estimate of drug-likeness (QED) is 0.341. The minimum absolute atomic E-state index is 0.283. The van der Waals surface area contributed by atoms with Gasteiger partial charge in [-0.2, -0.15) is 0 Å². The Bertz CT molecular complexity index is 805. The van der Waals surface area contributed by atoms with Gasteiger partial charge in [-0.3, -0.25) is 38.8 Å². The van der Waals surface area contributed by atoms with Gasteiger partial charge in [0.25, 0.3) is 11.8 Å². The number of rotatable bonds is 5. The van der Waals surface area contributed by atoms with E-state index in [9.17, 15) is 28.8 Å². The van der Waals surface area contributed by atoms with Gasteiger partial charge in [0.2, 0.25) is 11.8 Å². The number of carbonyl (C=O) groups is 6. The van der Waals surface area contributed by atoms with Crippen LogP contribution in [0.1, 0.15) is 20.8 Å². The summed E-state index contributed by atoms with van der Waals surface area (Å²) in [5.74, 6) is -4.25. The van der Waals surface area contributed by atoms with Crippen molar-refractivity contribution in [2.45, 2.75) is 20.8 Å². The van der Waals surface area contributed by atoms with Gasteiger partial charge in [0.1, 0.15) is 11.5 Å². The van der Waals surface area contributed by atoms with Gasteiger partial charge in [0, 0.05) is 28.2 Å². The Hall–Kier alpha value is -3.34. The maximum absolute atomic E-state index is 12.0. The molecule has 0 saturated carbocycles. The van der Waals surface area contributed by atoms with Crippen molar-refractivity contribution in [3.05, 3.63) is 23.8 Å². The highest BCUT2D eigenvalue weighted by Crippen LogP contribution is 2.18. The Balaban J connectivity index is 0.000000633. The number of imide groups is 4. The Kier molecular flexibility index (Phi) is 9.45. The number of amides is 8. The summed E-state index contributed by atoms with van der Waals surface area (Å²) in [6.45, 7) is 10.1. The average Bonchev–Trinajstić information content (AvgIpc) is 2.79. The highest BCUT2D eigenvalue weighted by molar-refractivity contribution is 6.28. The van der Waals surface area contributed by atoms with Crippen LogP contribution in [0.5, 0.6) is 0 Å². The molecule has 0 atom stereocenters. The molecule has 0 N–H and O–H groups in total. The fourth-order valence-corrected chi connectivity index (χ4v) is 3.03. The van der Waals surface area contributed by atoms with Crippen LogP contribution in [0.25, 0.3) is 0 Å². The first-order valence-corrected chi connectivity index (χ1v) is 10.2. The molecule has 0 unspecified atom stereocenters. The zero-order valence-electron chi connectivity index (χ0n) is 19.6. The summed E-state index contributed by atoms with van der Waals surface area (Å²) in [5, 5.41) is 0. The lowest BCUT2D eigenvalue weighted by molar-refractivity contribution is -0.145. The van der Waals surface area contributed by atoms with Crippen LogP contribution < -0.4 is 0 Å². The molecule has 0 aromatic heterocycles. The van der Waals surface area contributed by atoms with E-state index < -0.39 is 41.6 Å². The minimum Gasteiger partial charge on any atom is -0.304 e. The molecule has 2 saturated heterocycles. The van der Waals surface area contributed by atoms with Crippen LogP contribution in [0.4, 0.5) is 9.59 Å². The van der Waals surface area contributed by atoms with Crippen molar-refractivity contribution >= 4 is 35.7 Å². The van der Waals surface area contributed by atoms with Gasteiger partial charge in [-0.05, 0) is 25.7 Å². The normalized spacial score (nSPS) is 18.3. The Morgan fingerprint density at radius 2 is 1.06 bits per heavy atom. The maximum atomic E-state index is 12.0. The average molecular weight is 450 g/mol. The van der Waals surface area contributed by atoms with Crippen LogP contribution in [-0.4, -0.2) is 108 Å². The number of nitrogens with zero attached hydrogens (tertiary/aromatic N) is 5. The SMILES string of the molecule is CCN(CC)CC.CN1C(=O)C(=C/C=C/C2C(=O)N(C)C(=O)N(C)C2=O)C(=O)N(C)C1=O. The Morgan fingerprint density at radius 1 is 0.688 bits per heavy atom. The fraction of sp³-hybridized carbons (Fsp3) is 0.524. The second-order valence-corrected chi connectivity index (χ2v) is 7.15. The third-order valence-electron chi connectivity index (χ3n) is 5.32. The number of urea groups is 2. The molecular weight excluding hydrogens is 418 g/mol. The molecule has 2 fully saturated rings. The van der Waals surface area contributed by atoms with Crippen LogP contribution in [0.3, 0.4) is 0 Å². The van der Waals surface area contributed by atoms with Crippen molar-refractivity contribution in [3.8, 4) is 0 Å². The molecule has 0 aliphatic carbocycles. The van der Waals surface area contributed by atoms with Crippen molar-refractivity contribution in [3.63, 3.8) is 0 Å². The first-order valence-electron chi connectivity index (χ1n) is 10.2. The largest absolute Gasteiger partial charge is 0.333 e. The molecule has 176 valence electrons. The lowest BCUT2D eigenvalue weighted by Gasteiger charge is -2.31. The molecule has 0 bridgehead atoms. The van der Waals surface area contributed by atoms with Gasteiger partial charge in [0.15, 0.2) is 0 Å². The molecule has 0 aromatic rings. The number of allylic oxidation sites excluding steroid dienone is 2. The van der Waals surface area contributed by atoms with Gasteiger partial charge >= 0.3 is 12.1 Å². The van der Waals surface area contributed by atoms with Crippen LogP contribution in [0, 0.1) is 5.92 Å². The van der Waals surface area contributed by atoms with E-state index in [4.69, 9.17) is 0 Å². The fourth-order valence-electron chi connectivity index (χ4n) is 3.03. The maximum Gasteiger partial charge on any atom is 0.333 e. The van der Waals surface area contributed by atoms with Crippen LogP contribution in [-0.2, 0) is 19.2 Å². The smallest absolute Gasteiger partial charge is 0.304 e. The molecule has 2 heterocycles. The zero-order valence-corrected chi connectivity index (χ0v) is 19.6. The number of likely N-dealkylation sites (N-methyl/N-ethyl adjacent to an activating group) is 2. The summed E-state index contributed by atoms with van der Waals surface area (Å²) >= 11 is 0. The standard InChI is InChI=1S/C15H16N4O6.C6H15N/c1-16-10(20)8(11(21)17(2)14(16)24)6-5-7-9-12(22)18(3)15(25)19(4)13(9)23;1-4-7(5-2)6-3/h5-8H,1-4H3;4-6H2,1-3H3/b6-5+;. The van der Waals surface area contributed by atoms with Gasteiger partial charge in [-0.15, -0.1) is 0 Å². The van der Waals surface area contributed by atoms with Crippen molar-refractivity contribution in [2.75, 3.05) is 47.8 Å². The van der Waals surface area contributed by atoms with E-state index in [2.05, 4.69) is 25.7 Å². The van der Waals surface area contributed by atoms with E-state index in [1.165, 1.54) is 60.0 Å². The molecule has 0 radical (unpaired) electrons. The van der Waals surface area contributed by atoms with E-state index in [-0.39, 0.29) is 5.57 Å². The Morgan fingerprint density at radius 3 is 1.41 bits per heavy atom. The molecule has 0 spiro atoms. The molecule has 32 heavy (non-hydrogen) atoms. The van der Waals surface area contributed by atoms with E-state index >= 15 is 0 Å². The summed E-state index contributed by atoms with van der Waals surface area (Å²) in [5.41, 5.74) is -0.283. The zero-order chi connectivity index (χ0) is 24.7. The molecule has 8 amide bonds. The predicted octanol–water partition coefficient (Wildman–Crippen LogP) is 0.534. The highest BCUT2D eigenvalue weighted by Gasteiger charge is 2.41. The van der Waals surface area contributed by atoms with Crippen LogP contribution in [0.15, 0.2) is 23.8 Å². The van der Waals surface area contributed by atoms with Gasteiger partial charge in [-0.25, -0.2) is 9.59 Å². The molecule has 11 heteroatoms. The monoisotopic (exact) mass is 449 g/mol. The van der Waals surface area contributed by atoms with E-state index in [0.717, 1.165) is 25.7 Å². The first-order chi connectivity index (χ1) is 14.9. The topological polar surface area (TPSA) is 119 Å². The predicted molar refractivity (Wildman–Crippen MR) is 116 cm³/mol. The minimum atomic E-state index is -1.24. The number of hydrogen-bond donors (Lipinski definition) is 0. The number of carbonyl (C=O) groups excluding carboxylic acids is 6. The van der Waals surface area contributed by atoms with Crippen LogP contribution >= 0.6 is 0 Å². The number of hydrogen-bond acceptors (Lipinski definition) is 7. The Labute approximate surface area is 187 Å². The molecule has 2 aliphatic heterocycles. The molecular formula is C21H31N5O6. The lowest BCUT2D eigenvalue weighted by Crippen LogP contribution is -2.56. The summed E-state index contributed by atoms with van der Waals surface area (Å²) in [6, 6.07) is -1.49. The molecule has 2 rings (SSSR count). The summed E-state index contributed by atoms with van der Waals surface area (Å²) in [4.78, 5) is 76.9. The van der Waals surface area contributed by atoms with Crippen molar-refractivity contribution in [1.82, 2.24) is 24.5 Å². The second-order valence-electron chi connectivity index (χ2n) is 7.15. The third-order valence-corrected chi connectivity index (χ3v) is 5.32. The summed E-state index contributed by atoms with van der Waals surface area (Å²) in [7, 11) is 4.96. The van der Waals surface area contributed by atoms with Crippen LogP contribution in [0.2, 0.25) is 0 Å². The van der Waals surface area contributed by atoms with Gasteiger partial charge < -0.3 is 4.90 Å². The van der Waals surface area contributed by atoms with Gasteiger partial charge in [0.05, 0.1) is 0 Å². The summed E-state index contributed by atoms with van der Waals surface area (Å²) < 4.78 is 0. The van der Waals surface area contributed by atoms with Crippen molar-refractivity contribution in [1.29, 1.82) is 0 Å². The third kappa shape index (κ3) is 5.47. The molecule has 2 aliphatic rings. The van der Waals surface area contributed by atoms with Crippen molar-refractivity contribution in [2.24, 2.45) is 5.92 Å². The molecule has 0 aromatic carbocycles.